The zero-order chi connectivity index (χ0) is 18.3. The lowest BCUT2D eigenvalue weighted by Crippen LogP contribution is -2.47. The minimum absolute atomic E-state index is 0.00817. The average molecular weight is 405 g/mol. The molecule has 0 saturated carbocycles. The molecule has 1 aromatic carbocycles. The third-order valence-electron chi connectivity index (χ3n) is 4.09. The molecule has 1 heterocycles. The monoisotopic (exact) mass is 404 g/mol. The number of rotatable bonds is 8. The van der Waals surface area contributed by atoms with E-state index >= 15 is 0 Å². The molecule has 1 aliphatic heterocycles. The Labute approximate surface area is 159 Å². The van der Waals surface area contributed by atoms with Crippen molar-refractivity contribution in [3.8, 4) is 0 Å². The van der Waals surface area contributed by atoms with Crippen molar-refractivity contribution in [2.45, 2.75) is 38.0 Å². The normalized spacial score (nSPS) is 16.7. The van der Waals surface area contributed by atoms with Crippen LogP contribution in [0.1, 0.15) is 31.7 Å². The van der Waals surface area contributed by atoms with Gasteiger partial charge in [0, 0.05) is 29.9 Å². The summed E-state index contributed by atoms with van der Waals surface area (Å²) in [5.74, 6) is 1.37. The summed E-state index contributed by atoms with van der Waals surface area (Å²) in [4.78, 5) is 12.1. The van der Waals surface area contributed by atoms with Gasteiger partial charge >= 0.3 is 0 Å². The Kier molecular flexibility index (Phi) is 8.06. The van der Waals surface area contributed by atoms with Crippen LogP contribution in [0.15, 0.2) is 24.3 Å². The molecule has 1 aromatic rings. The summed E-state index contributed by atoms with van der Waals surface area (Å²) in [5.41, 5.74) is 1.14. The SMILES string of the molecule is CCCS(=O)(=O)N1CCC(NC(=O)CSCc2ccc(Cl)cc2)CC1. The molecule has 1 amide bonds. The predicted molar refractivity (Wildman–Crippen MR) is 104 cm³/mol. The fraction of sp³-hybridized carbons (Fsp3) is 0.588. The number of benzene rings is 1. The zero-order valence-electron chi connectivity index (χ0n) is 14.4. The number of piperidine rings is 1. The van der Waals surface area contributed by atoms with E-state index in [1.165, 1.54) is 0 Å². The van der Waals surface area contributed by atoms with Crippen LogP contribution < -0.4 is 5.32 Å². The molecule has 0 bridgehead atoms. The number of carbonyl (C=O) groups excluding carboxylic acids is 1. The number of hydrogen-bond acceptors (Lipinski definition) is 4. The van der Waals surface area contributed by atoms with Gasteiger partial charge in [0.2, 0.25) is 15.9 Å². The lowest BCUT2D eigenvalue weighted by Gasteiger charge is -2.31. The largest absolute Gasteiger partial charge is 0.353 e. The second-order valence-electron chi connectivity index (χ2n) is 6.18. The molecular formula is C17H25ClN2O3S2. The van der Waals surface area contributed by atoms with Gasteiger partial charge in [0.1, 0.15) is 0 Å². The number of halogens is 1. The molecule has 0 atom stereocenters. The topological polar surface area (TPSA) is 66.5 Å². The molecule has 2 rings (SSSR count). The summed E-state index contributed by atoms with van der Waals surface area (Å²) in [6.45, 7) is 2.85. The van der Waals surface area contributed by atoms with Crippen molar-refractivity contribution in [1.29, 1.82) is 0 Å². The lowest BCUT2D eigenvalue weighted by molar-refractivity contribution is -0.119. The summed E-state index contributed by atoms with van der Waals surface area (Å²) < 4.78 is 25.6. The van der Waals surface area contributed by atoms with Gasteiger partial charge in [-0.05, 0) is 37.0 Å². The second kappa shape index (κ2) is 9.80. The molecule has 1 fully saturated rings. The molecular weight excluding hydrogens is 380 g/mol. The Hall–Kier alpha value is -0.760. The van der Waals surface area contributed by atoms with Gasteiger partial charge in [0.25, 0.3) is 0 Å². The molecule has 0 radical (unpaired) electrons. The van der Waals surface area contributed by atoms with Crippen molar-refractivity contribution in [3.05, 3.63) is 34.9 Å². The highest BCUT2D eigenvalue weighted by atomic mass is 35.5. The third kappa shape index (κ3) is 6.81. The first kappa shape index (κ1) is 20.6. The zero-order valence-corrected chi connectivity index (χ0v) is 16.8. The van der Waals surface area contributed by atoms with Gasteiger partial charge in [-0.2, -0.15) is 0 Å². The summed E-state index contributed by atoms with van der Waals surface area (Å²) in [6, 6.07) is 7.67. The first-order valence-corrected chi connectivity index (χ1v) is 11.6. The van der Waals surface area contributed by atoms with Gasteiger partial charge in [-0.3, -0.25) is 4.79 Å². The average Bonchev–Trinajstić information content (AvgIpc) is 2.57. The van der Waals surface area contributed by atoms with Crippen molar-refractivity contribution in [3.63, 3.8) is 0 Å². The van der Waals surface area contributed by atoms with E-state index in [2.05, 4.69) is 5.32 Å². The van der Waals surface area contributed by atoms with Crippen molar-refractivity contribution in [2.75, 3.05) is 24.6 Å². The molecule has 25 heavy (non-hydrogen) atoms. The number of amides is 1. The summed E-state index contributed by atoms with van der Waals surface area (Å²) >= 11 is 7.41. The highest BCUT2D eigenvalue weighted by Crippen LogP contribution is 2.17. The standard InChI is InChI=1S/C17H25ClN2O3S2/c1-2-11-25(22,23)20-9-7-16(8-10-20)19-17(21)13-24-12-14-3-5-15(18)6-4-14/h3-6,16H,2,7-13H2,1H3,(H,19,21). The van der Waals surface area contributed by atoms with Gasteiger partial charge in [-0.25, -0.2) is 12.7 Å². The van der Waals surface area contributed by atoms with Crippen molar-refractivity contribution < 1.29 is 13.2 Å². The first-order valence-electron chi connectivity index (χ1n) is 8.50. The quantitative estimate of drug-likeness (QED) is 0.723. The van der Waals surface area contributed by atoms with E-state index < -0.39 is 10.0 Å². The van der Waals surface area contributed by atoms with Crippen LogP contribution in [0.25, 0.3) is 0 Å². The van der Waals surface area contributed by atoms with E-state index in [9.17, 15) is 13.2 Å². The first-order chi connectivity index (χ1) is 11.9. The number of hydrogen-bond donors (Lipinski definition) is 1. The number of nitrogens with zero attached hydrogens (tertiary/aromatic N) is 1. The van der Waals surface area contributed by atoms with Crippen LogP contribution >= 0.6 is 23.4 Å². The van der Waals surface area contributed by atoms with E-state index in [1.807, 2.05) is 31.2 Å². The molecule has 0 unspecified atom stereocenters. The fourth-order valence-corrected chi connectivity index (χ4v) is 5.24. The summed E-state index contributed by atoms with van der Waals surface area (Å²) in [7, 11) is -3.13. The van der Waals surface area contributed by atoms with Crippen LogP contribution in [0.3, 0.4) is 0 Å². The minimum atomic E-state index is -3.13. The van der Waals surface area contributed by atoms with Crippen LogP contribution in [-0.4, -0.2) is 49.3 Å². The van der Waals surface area contributed by atoms with Gasteiger partial charge < -0.3 is 5.32 Å². The second-order valence-corrected chi connectivity index (χ2v) is 9.69. The van der Waals surface area contributed by atoms with E-state index in [4.69, 9.17) is 11.6 Å². The minimum Gasteiger partial charge on any atom is -0.353 e. The van der Waals surface area contributed by atoms with E-state index in [0.717, 1.165) is 11.3 Å². The van der Waals surface area contributed by atoms with E-state index in [1.54, 1.807) is 16.1 Å². The molecule has 1 aliphatic rings. The van der Waals surface area contributed by atoms with Gasteiger partial charge in [0.05, 0.1) is 11.5 Å². The van der Waals surface area contributed by atoms with Gasteiger partial charge in [-0.1, -0.05) is 30.7 Å². The number of sulfonamides is 1. The maximum Gasteiger partial charge on any atom is 0.230 e. The Morgan fingerprint density at radius 1 is 1.28 bits per heavy atom. The van der Waals surface area contributed by atoms with Crippen molar-refractivity contribution in [1.82, 2.24) is 9.62 Å². The van der Waals surface area contributed by atoms with Crippen molar-refractivity contribution in [2.24, 2.45) is 0 Å². The lowest BCUT2D eigenvalue weighted by atomic mass is 10.1. The molecule has 0 aromatic heterocycles. The van der Waals surface area contributed by atoms with E-state index in [-0.39, 0.29) is 17.7 Å². The van der Waals surface area contributed by atoms with Crippen LogP contribution in [0, 0.1) is 0 Å². The molecule has 1 N–H and O–H groups in total. The maximum absolute atomic E-state index is 12.1. The summed E-state index contributed by atoms with van der Waals surface area (Å²) in [6.07, 6.45) is 1.98. The highest BCUT2D eigenvalue weighted by molar-refractivity contribution is 7.99. The third-order valence-corrected chi connectivity index (χ3v) is 7.42. The Morgan fingerprint density at radius 3 is 2.52 bits per heavy atom. The molecule has 140 valence electrons. The Morgan fingerprint density at radius 2 is 1.92 bits per heavy atom. The van der Waals surface area contributed by atoms with Crippen LogP contribution in [0.5, 0.6) is 0 Å². The number of carbonyl (C=O) groups is 1. The number of thioether (sulfide) groups is 1. The van der Waals surface area contributed by atoms with Crippen LogP contribution in [-0.2, 0) is 20.6 Å². The Balaban J connectivity index is 1.67. The smallest absolute Gasteiger partial charge is 0.230 e. The molecule has 0 aliphatic carbocycles. The van der Waals surface area contributed by atoms with Crippen LogP contribution in [0.4, 0.5) is 0 Å². The van der Waals surface area contributed by atoms with Gasteiger partial charge in [-0.15, -0.1) is 11.8 Å². The molecule has 8 heteroatoms. The van der Waals surface area contributed by atoms with Crippen LogP contribution in [0.2, 0.25) is 5.02 Å². The highest BCUT2D eigenvalue weighted by Gasteiger charge is 2.27. The van der Waals surface area contributed by atoms with Gasteiger partial charge in [0.15, 0.2) is 0 Å². The van der Waals surface area contributed by atoms with E-state index in [0.29, 0.717) is 43.1 Å². The molecule has 5 nitrogen and oxygen atoms in total. The summed E-state index contributed by atoms with van der Waals surface area (Å²) in [5, 5.41) is 3.72. The Bertz CT molecular complexity index is 657. The van der Waals surface area contributed by atoms with Crippen molar-refractivity contribution >= 4 is 39.3 Å². The number of nitrogens with one attached hydrogen (secondary N) is 1. The maximum atomic E-state index is 12.1. The predicted octanol–water partition coefficient (Wildman–Crippen LogP) is 2.89. The fourth-order valence-electron chi connectivity index (χ4n) is 2.78. The molecule has 1 saturated heterocycles. The molecule has 0 spiro atoms.